The number of thiophene rings is 1. The summed E-state index contributed by atoms with van der Waals surface area (Å²) in [5, 5.41) is 0.762. The number of aromatic nitrogens is 1. The molecule has 2 fully saturated rings. The predicted molar refractivity (Wildman–Crippen MR) is 150 cm³/mol. The summed E-state index contributed by atoms with van der Waals surface area (Å²) in [7, 11) is 0. The monoisotopic (exact) mass is 536 g/mol. The summed E-state index contributed by atoms with van der Waals surface area (Å²) in [4.78, 5) is 36.7. The number of nitrogens with zero attached hydrogens (tertiary/aromatic N) is 4. The van der Waals surface area contributed by atoms with Crippen LogP contribution in [0.1, 0.15) is 50.0 Å². The molecular weight excluding hydrogens is 504 g/mol. The minimum Gasteiger partial charge on any atom is -0.366 e. The molecule has 2 aromatic heterocycles. The van der Waals surface area contributed by atoms with Crippen molar-refractivity contribution in [3.63, 3.8) is 0 Å². The highest BCUT2D eigenvalue weighted by molar-refractivity contribution is 7.19. The average molecular weight is 537 g/mol. The van der Waals surface area contributed by atoms with E-state index in [4.69, 9.17) is 11.6 Å². The number of carbonyl (C=O) groups excluding carboxylic acids is 2. The summed E-state index contributed by atoms with van der Waals surface area (Å²) in [5.41, 5.74) is 5.84. The van der Waals surface area contributed by atoms with Gasteiger partial charge < -0.3 is 9.80 Å². The van der Waals surface area contributed by atoms with Gasteiger partial charge in [-0.15, -0.1) is 11.3 Å². The van der Waals surface area contributed by atoms with Crippen molar-refractivity contribution in [2.75, 3.05) is 31.1 Å². The Morgan fingerprint density at radius 3 is 2.68 bits per heavy atom. The van der Waals surface area contributed by atoms with E-state index in [1.165, 1.54) is 28.1 Å². The van der Waals surface area contributed by atoms with Gasteiger partial charge in [-0.2, -0.15) is 0 Å². The van der Waals surface area contributed by atoms with Gasteiger partial charge in [-0.05, 0) is 55.0 Å². The summed E-state index contributed by atoms with van der Waals surface area (Å²) < 4.78 is 1.08. The van der Waals surface area contributed by atoms with E-state index < -0.39 is 0 Å². The van der Waals surface area contributed by atoms with E-state index in [0.717, 1.165) is 64.7 Å². The lowest BCUT2D eigenvalue weighted by Crippen LogP contribution is -2.41. The highest BCUT2D eigenvalue weighted by atomic mass is 35.5. The lowest BCUT2D eigenvalue weighted by Gasteiger charge is -2.38. The number of rotatable bonds is 6. The van der Waals surface area contributed by atoms with Gasteiger partial charge >= 0.3 is 0 Å². The second-order valence-corrected chi connectivity index (χ2v) is 12.6. The Morgan fingerprint density at radius 1 is 1.08 bits per heavy atom. The minimum absolute atomic E-state index is 0.0849. The zero-order chi connectivity index (χ0) is 25.7. The van der Waals surface area contributed by atoms with Gasteiger partial charge in [-0.1, -0.05) is 25.4 Å². The van der Waals surface area contributed by atoms with Crippen molar-refractivity contribution in [3.8, 4) is 11.1 Å². The van der Waals surface area contributed by atoms with Gasteiger partial charge in [0, 0.05) is 78.0 Å². The van der Waals surface area contributed by atoms with Gasteiger partial charge in [0.05, 0.1) is 16.8 Å². The number of imide groups is 1. The molecule has 0 unspecified atom stereocenters. The van der Waals surface area contributed by atoms with E-state index >= 15 is 0 Å². The van der Waals surface area contributed by atoms with E-state index in [1.807, 2.05) is 12.3 Å². The molecule has 0 aliphatic carbocycles. The molecule has 0 N–H and O–H groups in total. The van der Waals surface area contributed by atoms with Crippen LogP contribution in [0.25, 0.3) is 21.3 Å². The standard InChI is InChI=1S/C29H33ClN4O2S/c1-18(2)15-32-11-8-21(16-32)33-10-3-4-19-12-20(30)13-24(28(19)33)23-7-9-31-25-14-22(37-29(23)25)17-34-26(35)5-6-27(34)36/h7,9,12-14,18,21H,3-6,8,10-11,15-17H2,1-2H3/t21-/m0/s1. The number of anilines is 1. The zero-order valence-electron chi connectivity index (χ0n) is 21.5. The van der Waals surface area contributed by atoms with Crippen LogP contribution in [-0.2, 0) is 22.6 Å². The molecule has 37 heavy (non-hydrogen) atoms. The average Bonchev–Trinajstić information content (AvgIpc) is 3.58. The quantitative estimate of drug-likeness (QED) is 0.375. The van der Waals surface area contributed by atoms with Gasteiger partial charge in [0.25, 0.3) is 0 Å². The first-order valence-corrected chi connectivity index (χ1v) is 14.6. The number of hydrogen-bond acceptors (Lipinski definition) is 6. The summed E-state index contributed by atoms with van der Waals surface area (Å²) in [6.07, 6.45) is 5.84. The molecule has 2 amide bonds. The fourth-order valence-electron chi connectivity index (χ4n) is 6.29. The highest BCUT2D eigenvalue weighted by Gasteiger charge is 2.33. The molecule has 3 aliphatic rings. The van der Waals surface area contributed by atoms with Crippen LogP contribution in [-0.4, -0.2) is 58.8 Å². The van der Waals surface area contributed by atoms with E-state index in [-0.39, 0.29) is 11.8 Å². The Bertz CT molecular complexity index is 1350. The Morgan fingerprint density at radius 2 is 1.89 bits per heavy atom. The number of likely N-dealkylation sites (tertiary alicyclic amines) is 2. The number of benzene rings is 1. The second kappa shape index (κ2) is 10.0. The van der Waals surface area contributed by atoms with Crippen LogP contribution in [0.4, 0.5) is 5.69 Å². The van der Waals surface area contributed by atoms with Gasteiger partial charge in [0.1, 0.15) is 0 Å². The molecule has 3 aromatic rings. The Kier molecular flexibility index (Phi) is 6.72. The molecule has 3 aliphatic heterocycles. The maximum atomic E-state index is 12.2. The molecule has 6 nitrogen and oxygen atoms in total. The Balaban J connectivity index is 1.39. The van der Waals surface area contributed by atoms with Crippen molar-refractivity contribution in [1.29, 1.82) is 0 Å². The van der Waals surface area contributed by atoms with Crippen molar-refractivity contribution in [2.45, 2.75) is 58.5 Å². The summed E-state index contributed by atoms with van der Waals surface area (Å²) in [5.74, 6) is 0.502. The van der Waals surface area contributed by atoms with Crippen molar-refractivity contribution < 1.29 is 9.59 Å². The molecule has 6 rings (SSSR count). The van der Waals surface area contributed by atoms with E-state index in [9.17, 15) is 9.59 Å². The molecule has 0 saturated carbocycles. The first-order chi connectivity index (χ1) is 17.9. The number of aryl methyl sites for hydroxylation is 1. The molecule has 194 valence electrons. The first-order valence-electron chi connectivity index (χ1n) is 13.4. The minimum atomic E-state index is -0.0849. The van der Waals surface area contributed by atoms with Crippen LogP contribution in [0.3, 0.4) is 0 Å². The topological polar surface area (TPSA) is 56.8 Å². The van der Waals surface area contributed by atoms with E-state index in [2.05, 4.69) is 46.8 Å². The number of amides is 2. The fraction of sp³-hybridized carbons (Fsp3) is 0.483. The molecule has 2 saturated heterocycles. The lowest BCUT2D eigenvalue weighted by atomic mass is 9.92. The fourth-order valence-corrected chi connectivity index (χ4v) is 7.66. The molecular formula is C29H33ClN4O2S. The van der Waals surface area contributed by atoms with Gasteiger partial charge in [-0.25, -0.2) is 0 Å². The largest absolute Gasteiger partial charge is 0.366 e. The lowest BCUT2D eigenvalue weighted by molar-refractivity contribution is -0.138. The third kappa shape index (κ3) is 4.77. The van der Waals surface area contributed by atoms with Crippen LogP contribution in [0.5, 0.6) is 0 Å². The number of pyridine rings is 1. The highest BCUT2D eigenvalue weighted by Crippen LogP contribution is 2.45. The summed E-state index contributed by atoms with van der Waals surface area (Å²) >= 11 is 8.33. The molecule has 1 atom stereocenters. The summed E-state index contributed by atoms with van der Waals surface area (Å²) in [6, 6.07) is 8.88. The van der Waals surface area contributed by atoms with Crippen molar-refractivity contribution in [1.82, 2.24) is 14.8 Å². The smallest absolute Gasteiger partial charge is 0.230 e. The number of halogens is 1. The molecule has 0 radical (unpaired) electrons. The van der Waals surface area contributed by atoms with Crippen LogP contribution in [0.15, 0.2) is 30.5 Å². The predicted octanol–water partition coefficient (Wildman–Crippen LogP) is 5.75. The normalized spacial score (nSPS) is 20.6. The molecule has 0 bridgehead atoms. The van der Waals surface area contributed by atoms with Crippen LogP contribution in [0, 0.1) is 5.92 Å². The van der Waals surface area contributed by atoms with E-state index in [0.29, 0.717) is 31.3 Å². The summed E-state index contributed by atoms with van der Waals surface area (Å²) in [6.45, 7) is 9.38. The van der Waals surface area contributed by atoms with Gasteiger partial charge in [-0.3, -0.25) is 19.5 Å². The zero-order valence-corrected chi connectivity index (χ0v) is 23.1. The van der Waals surface area contributed by atoms with Crippen molar-refractivity contribution in [2.24, 2.45) is 5.92 Å². The molecule has 8 heteroatoms. The number of carbonyl (C=O) groups is 2. The number of fused-ring (bicyclic) bond motifs is 2. The van der Waals surface area contributed by atoms with Gasteiger partial charge in [0.15, 0.2) is 0 Å². The van der Waals surface area contributed by atoms with Crippen LogP contribution in [0.2, 0.25) is 5.02 Å². The van der Waals surface area contributed by atoms with Crippen LogP contribution < -0.4 is 4.90 Å². The molecule has 5 heterocycles. The molecule has 0 spiro atoms. The second-order valence-electron chi connectivity index (χ2n) is 11.0. The Hall–Kier alpha value is -2.48. The van der Waals surface area contributed by atoms with Crippen molar-refractivity contribution >= 4 is 50.7 Å². The Labute approximate surface area is 227 Å². The van der Waals surface area contributed by atoms with E-state index in [1.54, 1.807) is 11.3 Å². The third-order valence-electron chi connectivity index (χ3n) is 7.82. The van der Waals surface area contributed by atoms with Gasteiger partial charge in [0.2, 0.25) is 11.8 Å². The number of hydrogen-bond donors (Lipinski definition) is 0. The third-order valence-corrected chi connectivity index (χ3v) is 9.18. The molecule has 1 aromatic carbocycles. The van der Waals surface area contributed by atoms with Crippen molar-refractivity contribution in [3.05, 3.63) is 45.9 Å². The maximum Gasteiger partial charge on any atom is 0.230 e. The van der Waals surface area contributed by atoms with Crippen LogP contribution >= 0.6 is 22.9 Å². The SMILES string of the molecule is CC(C)CN1CC[C@H](N2CCCc3cc(Cl)cc(-c4ccnc5cc(CN6C(=O)CCC6=O)sc45)c32)C1. The first kappa shape index (κ1) is 24.8. The maximum absolute atomic E-state index is 12.2.